The third kappa shape index (κ3) is 4.64. The van der Waals surface area contributed by atoms with E-state index >= 15 is 0 Å². The maximum atomic E-state index is 12.5. The fourth-order valence-electron chi connectivity index (χ4n) is 2.59. The Labute approximate surface area is 173 Å². The lowest BCUT2D eigenvalue weighted by molar-refractivity contribution is 0.262. The molecule has 0 fully saturated rings. The number of hydrogen-bond donors (Lipinski definition) is 2. The summed E-state index contributed by atoms with van der Waals surface area (Å²) in [6.45, 7) is 6.57. The first-order valence-electron chi connectivity index (χ1n) is 8.46. The van der Waals surface area contributed by atoms with Crippen molar-refractivity contribution in [1.29, 1.82) is 0 Å². The Bertz CT molecular complexity index is 976. The minimum absolute atomic E-state index is 0.0893. The van der Waals surface area contributed by atoms with Gasteiger partial charge in [-0.2, -0.15) is 0 Å². The van der Waals surface area contributed by atoms with Gasteiger partial charge in [0.05, 0.1) is 21.4 Å². The Morgan fingerprint density at radius 3 is 2.33 bits per heavy atom. The number of para-hydroxylation sites is 1. The molecule has 0 unspecified atom stereocenters. The lowest BCUT2D eigenvalue weighted by Gasteiger charge is -2.15. The summed E-state index contributed by atoms with van der Waals surface area (Å²) in [6.07, 6.45) is 0. The molecule has 0 spiro atoms. The molecule has 0 aliphatic heterocycles. The molecule has 2 aromatic carbocycles. The zero-order valence-corrected chi connectivity index (χ0v) is 17.6. The van der Waals surface area contributed by atoms with Crippen LogP contribution in [0.5, 0.6) is 0 Å². The molecule has 2 N–H and O–H groups in total. The summed E-state index contributed by atoms with van der Waals surface area (Å²) in [5.74, 6) is 0. The van der Waals surface area contributed by atoms with E-state index in [1.807, 2.05) is 24.3 Å². The van der Waals surface area contributed by atoms with Gasteiger partial charge in [0.15, 0.2) is 0 Å². The van der Waals surface area contributed by atoms with E-state index in [2.05, 4.69) is 42.9 Å². The van der Waals surface area contributed by atoms with E-state index < -0.39 is 0 Å². The van der Waals surface area contributed by atoms with Gasteiger partial charge in [0, 0.05) is 10.4 Å². The summed E-state index contributed by atoms with van der Waals surface area (Å²) in [7, 11) is 0. The smallest absolute Gasteiger partial charge is 0.307 e. The Kier molecular flexibility index (Phi) is 5.80. The number of carbonyl (C=O) groups excluding carboxylic acids is 1. The average molecular weight is 419 g/mol. The van der Waals surface area contributed by atoms with Crippen molar-refractivity contribution >= 4 is 51.9 Å². The summed E-state index contributed by atoms with van der Waals surface area (Å²) in [5, 5.41) is 8.47. The third-order valence-electron chi connectivity index (χ3n) is 4.02. The Morgan fingerprint density at radius 1 is 0.963 bits per heavy atom. The molecule has 140 valence electrons. The predicted octanol–water partition coefficient (Wildman–Crippen LogP) is 7.66. The van der Waals surface area contributed by atoms with E-state index in [-0.39, 0.29) is 11.4 Å². The molecule has 3 nitrogen and oxygen atoms in total. The first-order valence-corrected chi connectivity index (χ1v) is 10.1. The molecule has 1 aromatic heterocycles. The lowest BCUT2D eigenvalue weighted by Crippen LogP contribution is -2.20. The van der Waals surface area contributed by atoms with Crippen LogP contribution in [-0.2, 0) is 5.41 Å². The number of amides is 2. The quantitative estimate of drug-likeness (QED) is 0.449. The second-order valence-electron chi connectivity index (χ2n) is 7.18. The van der Waals surface area contributed by atoms with Crippen LogP contribution in [0.25, 0.3) is 11.1 Å². The van der Waals surface area contributed by atoms with E-state index in [1.165, 1.54) is 4.88 Å². The molecule has 6 heteroatoms. The van der Waals surface area contributed by atoms with Crippen molar-refractivity contribution in [1.82, 2.24) is 0 Å². The van der Waals surface area contributed by atoms with Gasteiger partial charge in [-0.05, 0) is 40.6 Å². The topological polar surface area (TPSA) is 41.1 Å². The van der Waals surface area contributed by atoms with Crippen molar-refractivity contribution in [3.63, 3.8) is 0 Å². The second kappa shape index (κ2) is 7.93. The summed E-state index contributed by atoms with van der Waals surface area (Å²) >= 11 is 13.9. The van der Waals surface area contributed by atoms with E-state index in [9.17, 15) is 4.79 Å². The molecule has 3 aromatic rings. The number of hydrogen-bond acceptors (Lipinski definition) is 2. The first kappa shape index (κ1) is 19.7. The number of halogens is 2. The molecule has 0 saturated heterocycles. The average Bonchev–Trinajstić information content (AvgIpc) is 3.10. The third-order valence-corrected chi connectivity index (χ3v) is 6.20. The highest BCUT2D eigenvalue weighted by molar-refractivity contribution is 7.10. The van der Waals surface area contributed by atoms with E-state index in [0.29, 0.717) is 15.7 Å². The minimum atomic E-state index is -0.377. The van der Waals surface area contributed by atoms with Gasteiger partial charge in [0.1, 0.15) is 0 Å². The molecule has 0 aliphatic rings. The van der Waals surface area contributed by atoms with Crippen LogP contribution in [0, 0.1) is 0 Å². The fourth-order valence-corrected chi connectivity index (χ4v) is 3.94. The zero-order chi connectivity index (χ0) is 19.6. The van der Waals surface area contributed by atoms with Crippen LogP contribution in [0.1, 0.15) is 25.6 Å². The number of nitrogens with one attached hydrogen (secondary N) is 2. The van der Waals surface area contributed by atoms with Crippen LogP contribution >= 0.6 is 34.5 Å². The van der Waals surface area contributed by atoms with Crippen molar-refractivity contribution in [3.8, 4) is 11.1 Å². The van der Waals surface area contributed by atoms with E-state index in [4.69, 9.17) is 23.2 Å². The summed E-state index contributed by atoms with van der Waals surface area (Å²) in [5.41, 5.74) is 3.33. The van der Waals surface area contributed by atoms with E-state index in [1.54, 1.807) is 29.5 Å². The van der Waals surface area contributed by atoms with E-state index in [0.717, 1.165) is 16.8 Å². The maximum Gasteiger partial charge on any atom is 0.323 e. The van der Waals surface area contributed by atoms with Crippen LogP contribution in [0.15, 0.2) is 53.9 Å². The van der Waals surface area contributed by atoms with Crippen molar-refractivity contribution < 1.29 is 4.79 Å². The van der Waals surface area contributed by atoms with Gasteiger partial charge in [-0.25, -0.2) is 4.79 Å². The Morgan fingerprint density at radius 2 is 1.63 bits per heavy atom. The molecular formula is C21H20Cl2N2OS. The molecule has 27 heavy (non-hydrogen) atoms. The summed E-state index contributed by atoms with van der Waals surface area (Å²) in [4.78, 5) is 13.8. The summed E-state index contributed by atoms with van der Waals surface area (Å²) in [6, 6.07) is 14.6. The highest BCUT2D eigenvalue weighted by Crippen LogP contribution is 2.36. The molecule has 0 saturated carbocycles. The van der Waals surface area contributed by atoms with Gasteiger partial charge in [0.25, 0.3) is 0 Å². The SMILES string of the molecule is CC(C)(C)c1cc(-c2ccccc2NC(=O)Nc2cccc(Cl)c2Cl)cs1. The predicted molar refractivity (Wildman–Crippen MR) is 118 cm³/mol. The van der Waals surface area contributed by atoms with Crippen LogP contribution in [0.4, 0.5) is 16.2 Å². The largest absolute Gasteiger partial charge is 0.323 e. The normalized spacial score (nSPS) is 11.3. The highest BCUT2D eigenvalue weighted by Gasteiger charge is 2.18. The number of anilines is 2. The van der Waals surface area contributed by atoms with Crippen LogP contribution < -0.4 is 10.6 Å². The number of benzene rings is 2. The number of thiophene rings is 1. The Hall–Kier alpha value is -2.01. The molecule has 2 amide bonds. The number of carbonyl (C=O) groups is 1. The zero-order valence-electron chi connectivity index (χ0n) is 15.3. The highest BCUT2D eigenvalue weighted by atomic mass is 35.5. The van der Waals surface area contributed by atoms with Gasteiger partial charge in [-0.1, -0.05) is 68.2 Å². The van der Waals surface area contributed by atoms with Crippen LogP contribution in [0.2, 0.25) is 10.0 Å². The molecular weight excluding hydrogens is 399 g/mol. The van der Waals surface area contributed by atoms with Crippen molar-refractivity contribution in [3.05, 3.63) is 68.8 Å². The van der Waals surface area contributed by atoms with Gasteiger partial charge >= 0.3 is 6.03 Å². The van der Waals surface area contributed by atoms with Gasteiger partial charge in [-0.15, -0.1) is 11.3 Å². The van der Waals surface area contributed by atoms with Crippen molar-refractivity contribution in [2.75, 3.05) is 10.6 Å². The molecule has 3 rings (SSSR count). The molecule has 1 heterocycles. The van der Waals surface area contributed by atoms with Crippen molar-refractivity contribution in [2.24, 2.45) is 0 Å². The van der Waals surface area contributed by atoms with Gasteiger partial charge < -0.3 is 10.6 Å². The van der Waals surface area contributed by atoms with Gasteiger partial charge in [0.2, 0.25) is 0 Å². The molecule has 0 atom stereocenters. The second-order valence-corrected chi connectivity index (χ2v) is 8.87. The number of rotatable bonds is 3. The lowest BCUT2D eigenvalue weighted by atomic mass is 9.93. The maximum absolute atomic E-state index is 12.5. The molecule has 0 radical (unpaired) electrons. The van der Waals surface area contributed by atoms with Gasteiger partial charge in [-0.3, -0.25) is 0 Å². The summed E-state index contributed by atoms with van der Waals surface area (Å²) < 4.78 is 0. The first-order chi connectivity index (χ1) is 12.8. The van der Waals surface area contributed by atoms with Crippen LogP contribution in [-0.4, -0.2) is 6.03 Å². The fraction of sp³-hybridized carbons (Fsp3) is 0.190. The minimum Gasteiger partial charge on any atom is -0.307 e. The number of urea groups is 1. The molecule has 0 bridgehead atoms. The monoisotopic (exact) mass is 418 g/mol. The molecule has 0 aliphatic carbocycles. The van der Waals surface area contributed by atoms with Crippen molar-refractivity contribution in [2.45, 2.75) is 26.2 Å². The Balaban J connectivity index is 1.83. The standard InChI is InChI=1S/C21H20Cl2N2OS/c1-21(2,3)18-11-13(12-27-18)14-7-4-5-9-16(14)24-20(26)25-17-10-6-8-15(22)19(17)23/h4-12H,1-3H3,(H2,24,25,26). The van der Waals surface area contributed by atoms with Crippen LogP contribution in [0.3, 0.4) is 0 Å².